The van der Waals surface area contributed by atoms with E-state index >= 15 is 0 Å². The van der Waals surface area contributed by atoms with Gasteiger partial charge in [0.1, 0.15) is 24.0 Å². The van der Waals surface area contributed by atoms with Crippen molar-refractivity contribution in [2.45, 2.75) is 64.7 Å². The third kappa shape index (κ3) is 11.8. The Morgan fingerprint density at radius 3 is 1.81 bits per heavy atom. The molecule has 62 heavy (non-hydrogen) atoms. The van der Waals surface area contributed by atoms with E-state index in [4.69, 9.17) is 28.7 Å². The zero-order valence-corrected chi connectivity index (χ0v) is 39.5. The fourth-order valence-electron chi connectivity index (χ4n) is 8.31. The quantitative estimate of drug-likeness (QED) is 0.0613. The van der Waals surface area contributed by atoms with Crippen LogP contribution in [-0.4, -0.2) is 117 Å². The summed E-state index contributed by atoms with van der Waals surface area (Å²) in [5.41, 5.74) is 11.5. The molecule has 7 heterocycles. The number of hydrogen-bond acceptors (Lipinski definition) is 10. The number of rotatable bonds is 4. The Kier molecular flexibility index (Phi) is 15.3. The van der Waals surface area contributed by atoms with Gasteiger partial charge in [-0.2, -0.15) is 10.4 Å². The van der Waals surface area contributed by atoms with Gasteiger partial charge >= 0.3 is 47.2 Å². The van der Waals surface area contributed by atoms with Crippen molar-refractivity contribution < 1.29 is 0 Å². The number of anilines is 2. The predicted molar refractivity (Wildman–Crippen MR) is 249 cm³/mol. The number of fused-ring (bicyclic) bond motifs is 2. The number of nitriles is 1. The van der Waals surface area contributed by atoms with Crippen LogP contribution in [0.3, 0.4) is 0 Å². The Bertz CT molecular complexity index is 2530. The Morgan fingerprint density at radius 1 is 0.742 bits per heavy atom. The first-order valence-electron chi connectivity index (χ1n) is 20.9. The number of pyridine rings is 2. The molecule has 13 nitrogen and oxygen atoms in total. The molecule has 0 bridgehead atoms. The summed E-state index contributed by atoms with van der Waals surface area (Å²) in [7, 11) is 0. The Hall–Kier alpha value is -5.30. The topological polar surface area (TPSA) is 153 Å². The number of nitrogens with one attached hydrogen (secondary N) is 1. The van der Waals surface area contributed by atoms with Crippen LogP contribution < -0.4 is 9.80 Å². The van der Waals surface area contributed by atoms with Crippen LogP contribution in [0.25, 0.3) is 21.8 Å². The van der Waals surface area contributed by atoms with E-state index in [-0.39, 0.29) is 0 Å². The molecule has 3 aromatic heterocycles. The number of piperazine rings is 2. The van der Waals surface area contributed by atoms with Crippen LogP contribution in [0.2, 0.25) is 24.9 Å². The van der Waals surface area contributed by atoms with Gasteiger partial charge in [0.25, 0.3) is 0 Å². The van der Waals surface area contributed by atoms with E-state index in [1.165, 1.54) is 6.33 Å². The molecule has 4 fully saturated rings. The van der Waals surface area contributed by atoms with Gasteiger partial charge < -0.3 is 9.80 Å². The van der Waals surface area contributed by atoms with Gasteiger partial charge in [-0.15, -0.1) is 0 Å². The van der Waals surface area contributed by atoms with Crippen molar-refractivity contribution in [2.75, 3.05) is 49.1 Å². The Balaban J connectivity index is 0.000000163. The van der Waals surface area contributed by atoms with Crippen LogP contribution in [0.15, 0.2) is 94.9 Å². The molecular formula is C46H49Cl2N13Sn. The number of aromatic nitrogens is 5. The zero-order chi connectivity index (χ0) is 43.5. The molecule has 1 N–H and O–H groups in total. The summed E-state index contributed by atoms with van der Waals surface area (Å²) in [6.45, 7) is 5.57. The fraction of sp³-hybridized carbons (Fsp3) is 0.370. The average Bonchev–Trinajstić information content (AvgIpc) is 4.06. The van der Waals surface area contributed by atoms with Gasteiger partial charge in [0, 0.05) is 84.9 Å². The second kappa shape index (κ2) is 21.2. The summed E-state index contributed by atoms with van der Waals surface area (Å²) in [6.07, 6.45) is 9.59. The molecule has 0 amide bonds. The second-order valence-corrected chi connectivity index (χ2v) is 30.3. The normalized spacial score (nSPS) is 20.5. The Morgan fingerprint density at radius 2 is 1.31 bits per heavy atom. The van der Waals surface area contributed by atoms with E-state index in [9.17, 15) is 5.26 Å². The molecule has 4 saturated heterocycles. The van der Waals surface area contributed by atoms with E-state index < -0.39 is 18.7 Å². The first-order chi connectivity index (χ1) is 30.1. The van der Waals surface area contributed by atoms with Crippen LogP contribution >= 0.6 is 23.2 Å². The first-order valence-corrected chi connectivity index (χ1v) is 31.5. The molecule has 0 unspecified atom stereocenters. The van der Waals surface area contributed by atoms with E-state index in [0.29, 0.717) is 29.7 Å². The molecule has 0 saturated carbocycles. The van der Waals surface area contributed by atoms with Crippen molar-refractivity contribution >= 4 is 53.5 Å². The number of H-pyrrole nitrogens is 1. The molecular weight excluding hydrogens is 924 g/mol. The summed E-state index contributed by atoms with van der Waals surface area (Å²) in [5, 5.41) is 17.7. The average molecular weight is 974 g/mol. The van der Waals surface area contributed by atoms with Gasteiger partial charge in [-0.3, -0.25) is 14.9 Å². The van der Waals surface area contributed by atoms with Gasteiger partial charge in [0.15, 0.2) is 5.82 Å². The van der Waals surface area contributed by atoms with Crippen molar-refractivity contribution in [2.24, 2.45) is 3.34 Å². The number of aromatic amines is 1. The van der Waals surface area contributed by atoms with E-state index in [1.54, 1.807) is 6.20 Å². The van der Waals surface area contributed by atoms with Gasteiger partial charge in [0.2, 0.25) is 0 Å². The molecule has 16 heteroatoms. The summed E-state index contributed by atoms with van der Waals surface area (Å²) in [6, 6.07) is 26.9. The molecule has 4 aliphatic heterocycles. The van der Waals surface area contributed by atoms with Crippen molar-refractivity contribution in [1.82, 2.24) is 34.9 Å². The van der Waals surface area contributed by atoms with Crippen LogP contribution in [0, 0.1) is 35.0 Å². The van der Waals surface area contributed by atoms with Crippen LogP contribution in [0.1, 0.15) is 42.4 Å². The summed E-state index contributed by atoms with van der Waals surface area (Å²) in [4.78, 5) is 32.0. The van der Waals surface area contributed by atoms with Gasteiger partial charge in [-0.05, 0) is 86.3 Å². The molecule has 0 aliphatic carbocycles. The Labute approximate surface area is 378 Å². The zero-order valence-electron chi connectivity index (χ0n) is 35.2. The van der Waals surface area contributed by atoms with Crippen molar-refractivity contribution in [3.05, 3.63) is 129 Å². The third-order valence-electron chi connectivity index (χ3n) is 11.1. The standard InChI is InChI=1S/C22H21ClN6.C21H19ClN4.3CH3.N3.Sn/c23-17-4-1-3-16(13-17)6-7-18-8-9-19-14-28(11-12-29(18)19)22-20(5-2-10-24-22)21-25-15-26-27-21;22-18-5-1-3-16(13-18)6-7-19-8-9-20-15-25(11-12-26(19)20)21-17(14-23)4-2-10-24-21;;;;1-3-2;/h1-5,10,13,15,18-19H,8-9,11-12,14H2,(H,25,26,27);1-5,10,13,19-20H,8-9,11-12,15H2;3*1H3;;/q;;;;;-1;+1/t18-,19-;19-,20-;;;;;/m00...../s1. The second-order valence-electron chi connectivity index (χ2n) is 16.5. The summed E-state index contributed by atoms with van der Waals surface area (Å²) in [5.74, 6) is 16.0. The van der Waals surface area contributed by atoms with Crippen molar-refractivity contribution in [3.63, 3.8) is 0 Å². The molecule has 0 spiro atoms. The monoisotopic (exact) mass is 973 g/mol. The minimum absolute atomic E-state index is 0.292. The van der Waals surface area contributed by atoms with E-state index in [0.717, 1.165) is 109 Å². The SMILES string of the molecule is Clc1cccc(C#C[C@H]2CC[C@H]3CN(c4ncccc4-c4ncn[nH]4)CCN32)c1.N#Cc1cccnc1N1CCN2[C@@H](CC[C@@H]2C#Cc2cccc(Cl)c2)C1.[CH3][Sn]([CH3])([CH3])[N]=[N+]=[N-]. The molecule has 4 aliphatic rings. The molecule has 4 atom stereocenters. The summed E-state index contributed by atoms with van der Waals surface area (Å²) < 4.78 is 3.65. The molecule has 0 radical (unpaired) electrons. The predicted octanol–water partition coefficient (Wildman–Crippen LogP) is 8.67. The van der Waals surface area contributed by atoms with Crippen LogP contribution in [0.5, 0.6) is 0 Å². The number of azide groups is 1. The first kappa shape index (κ1) is 44.7. The minimum atomic E-state index is -2.07. The number of benzene rings is 2. The van der Waals surface area contributed by atoms with Crippen LogP contribution in [-0.2, 0) is 0 Å². The number of hydrogen-bond donors (Lipinski definition) is 1. The molecule has 5 aromatic rings. The third-order valence-corrected chi connectivity index (χ3v) is 13.6. The summed E-state index contributed by atoms with van der Waals surface area (Å²) >= 11 is 10.0. The number of nitrogens with zero attached hydrogens (tertiary/aromatic N) is 12. The maximum absolute atomic E-state index is 9.32. The van der Waals surface area contributed by atoms with Crippen molar-refractivity contribution in [1.29, 1.82) is 5.26 Å². The fourth-order valence-corrected chi connectivity index (χ4v) is 9.45. The molecule has 2 aromatic carbocycles. The van der Waals surface area contributed by atoms with Gasteiger partial charge in [-0.25, -0.2) is 15.0 Å². The van der Waals surface area contributed by atoms with E-state index in [1.807, 2.05) is 79.0 Å². The van der Waals surface area contributed by atoms with Gasteiger partial charge in [-0.1, -0.05) is 59.0 Å². The molecule has 9 rings (SSSR count). The van der Waals surface area contributed by atoms with Gasteiger partial charge in [0.05, 0.1) is 23.2 Å². The van der Waals surface area contributed by atoms with Crippen molar-refractivity contribution in [3.8, 4) is 41.1 Å². The van der Waals surface area contributed by atoms with Crippen LogP contribution in [0.4, 0.5) is 11.6 Å². The van der Waals surface area contributed by atoms with E-state index in [2.05, 4.69) is 97.6 Å². The maximum atomic E-state index is 9.32. The number of halogens is 2. The molecule has 316 valence electrons.